The van der Waals surface area contributed by atoms with E-state index in [1.807, 2.05) is 24.3 Å². The first-order valence-electron chi connectivity index (χ1n) is 10.6. The van der Waals surface area contributed by atoms with Gasteiger partial charge in [0.15, 0.2) is 0 Å². The van der Waals surface area contributed by atoms with Gasteiger partial charge in [-0.1, -0.05) is 12.1 Å². The minimum atomic E-state index is -0.577. The summed E-state index contributed by atoms with van der Waals surface area (Å²) in [5, 5.41) is 6.35. The van der Waals surface area contributed by atoms with Crippen molar-refractivity contribution < 1.29 is 23.5 Å². The van der Waals surface area contributed by atoms with Crippen LogP contribution >= 0.6 is 0 Å². The maximum atomic E-state index is 13.1. The number of ether oxygens (including phenoxy) is 1. The molecule has 32 heavy (non-hydrogen) atoms. The zero-order chi connectivity index (χ0) is 22.9. The molecule has 3 rings (SSSR count). The topological polar surface area (TPSA) is 127 Å². The molecule has 0 radical (unpaired) electrons. The fourth-order valence-electron chi connectivity index (χ4n) is 3.81. The molecule has 9 heteroatoms. The van der Waals surface area contributed by atoms with Crippen LogP contribution in [0.25, 0.3) is 0 Å². The monoisotopic (exact) mass is 440 g/mol. The van der Waals surface area contributed by atoms with E-state index in [0.717, 1.165) is 17.7 Å². The number of hydrazone groups is 1. The third-order valence-electron chi connectivity index (χ3n) is 5.37. The van der Waals surface area contributed by atoms with Gasteiger partial charge in [-0.25, -0.2) is 0 Å². The van der Waals surface area contributed by atoms with E-state index in [4.69, 9.17) is 15.0 Å². The average Bonchev–Trinajstić information content (AvgIpc) is 3.31. The maximum absolute atomic E-state index is 13.1. The van der Waals surface area contributed by atoms with Crippen molar-refractivity contribution >= 4 is 29.7 Å². The number of hydrogen-bond acceptors (Lipinski definition) is 7. The van der Waals surface area contributed by atoms with Gasteiger partial charge in [-0.05, 0) is 43.5 Å². The number of rotatable bonds is 9. The van der Waals surface area contributed by atoms with Crippen molar-refractivity contribution in [3.8, 4) is 0 Å². The van der Waals surface area contributed by atoms with E-state index in [1.54, 1.807) is 17.9 Å². The lowest BCUT2D eigenvalue weighted by Gasteiger charge is -2.32. The van der Waals surface area contributed by atoms with Crippen LogP contribution in [0.15, 0.2) is 52.4 Å². The Hall–Kier alpha value is -3.62. The molecule has 1 aromatic heterocycles. The number of carbonyl (C=O) groups excluding carboxylic acids is 3. The Kier molecular flexibility index (Phi) is 8.02. The van der Waals surface area contributed by atoms with Gasteiger partial charge in [0.05, 0.1) is 37.8 Å². The molecule has 0 spiro atoms. The Labute approximate surface area is 186 Å². The maximum Gasteiger partial charge on any atom is 0.308 e. The van der Waals surface area contributed by atoms with Crippen molar-refractivity contribution in [2.75, 3.05) is 18.1 Å². The number of amides is 2. The molecule has 0 saturated carbocycles. The fraction of sp³-hybridized carbons (Fsp3) is 0.391. The number of piperidine rings is 1. The Bertz CT molecular complexity index is 940. The number of benzene rings is 1. The zero-order valence-corrected chi connectivity index (χ0v) is 18.0. The van der Waals surface area contributed by atoms with E-state index in [9.17, 15) is 14.4 Å². The molecule has 2 atom stereocenters. The van der Waals surface area contributed by atoms with Crippen LogP contribution in [0.4, 0.5) is 5.69 Å². The molecule has 1 aromatic carbocycles. The van der Waals surface area contributed by atoms with Gasteiger partial charge in [-0.2, -0.15) is 5.10 Å². The molecule has 2 amide bonds. The second kappa shape index (κ2) is 11.1. The second-order valence-electron chi connectivity index (χ2n) is 7.59. The van der Waals surface area contributed by atoms with Crippen LogP contribution in [0.5, 0.6) is 0 Å². The number of nitrogens with zero attached hydrogens (tertiary/aromatic N) is 2. The molecule has 0 aliphatic carbocycles. The van der Waals surface area contributed by atoms with Crippen molar-refractivity contribution in [2.24, 2.45) is 16.9 Å². The van der Waals surface area contributed by atoms with Crippen LogP contribution < -0.4 is 16.1 Å². The molecule has 9 nitrogen and oxygen atoms in total. The Morgan fingerprint density at radius 2 is 2.12 bits per heavy atom. The molecule has 1 aliphatic heterocycles. The molecule has 1 saturated heterocycles. The average molecular weight is 441 g/mol. The summed E-state index contributed by atoms with van der Waals surface area (Å²) >= 11 is 0. The van der Waals surface area contributed by atoms with Crippen LogP contribution in [0, 0.1) is 5.92 Å². The quantitative estimate of drug-likeness (QED) is 0.267. The van der Waals surface area contributed by atoms with E-state index >= 15 is 0 Å². The van der Waals surface area contributed by atoms with E-state index in [1.165, 1.54) is 18.7 Å². The molecule has 2 unspecified atom stereocenters. The molecular formula is C23H28N4O5. The van der Waals surface area contributed by atoms with Gasteiger partial charge in [-0.3, -0.25) is 14.4 Å². The van der Waals surface area contributed by atoms with Gasteiger partial charge in [-0.15, -0.1) is 0 Å². The van der Waals surface area contributed by atoms with E-state index in [-0.39, 0.29) is 31.3 Å². The first-order chi connectivity index (χ1) is 15.5. The number of esters is 1. The summed E-state index contributed by atoms with van der Waals surface area (Å²) in [5.41, 5.74) is 2.28. The van der Waals surface area contributed by atoms with Crippen molar-refractivity contribution in [3.63, 3.8) is 0 Å². The highest BCUT2D eigenvalue weighted by Crippen LogP contribution is 2.27. The van der Waals surface area contributed by atoms with Crippen LogP contribution in [0.3, 0.4) is 0 Å². The van der Waals surface area contributed by atoms with Gasteiger partial charge in [0, 0.05) is 30.1 Å². The predicted octanol–water partition coefficient (Wildman–Crippen LogP) is 2.52. The van der Waals surface area contributed by atoms with Crippen molar-refractivity contribution in [1.82, 2.24) is 5.32 Å². The van der Waals surface area contributed by atoms with E-state index in [2.05, 4.69) is 10.4 Å². The van der Waals surface area contributed by atoms with E-state index in [0.29, 0.717) is 18.5 Å². The Morgan fingerprint density at radius 3 is 2.78 bits per heavy atom. The Morgan fingerprint density at radius 1 is 1.34 bits per heavy atom. The number of carbonyl (C=O) groups is 3. The van der Waals surface area contributed by atoms with Gasteiger partial charge < -0.3 is 25.2 Å². The number of nitrogens with one attached hydrogen (secondary N) is 1. The second-order valence-corrected chi connectivity index (χ2v) is 7.59. The third kappa shape index (κ3) is 5.96. The number of nitrogens with two attached hydrogens (primary N) is 1. The highest BCUT2D eigenvalue weighted by molar-refractivity contribution is 5.98. The minimum absolute atomic E-state index is 0.0116. The largest absolute Gasteiger partial charge is 0.472 e. The van der Waals surface area contributed by atoms with Crippen molar-refractivity contribution in [1.29, 1.82) is 0 Å². The first kappa shape index (κ1) is 23.1. The molecule has 1 aliphatic rings. The molecule has 1 fully saturated rings. The highest BCUT2D eigenvalue weighted by atomic mass is 16.5. The van der Waals surface area contributed by atoms with Gasteiger partial charge in [0.2, 0.25) is 11.8 Å². The van der Waals surface area contributed by atoms with Gasteiger partial charge in [0.1, 0.15) is 0 Å². The summed E-state index contributed by atoms with van der Waals surface area (Å²) in [6.45, 7) is 2.59. The Balaban J connectivity index is 1.63. The molecular weight excluding hydrogens is 412 g/mol. The van der Waals surface area contributed by atoms with Gasteiger partial charge in [0.25, 0.3) is 0 Å². The first-order valence-corrected chi connectivity index (χ1v) is 10.6. The SMILES string of the molecule is CCOC(=O)CC(NC(=O)CC1CCCN(c2ccc(C=NN)cc2)C1=O)c1ccoc1. The van der Waals surface area contributed by atoms with Crippen molar-refractivity contribution in [3.05, 3.63) is 54.0 Å². The summed E-state index contributed by atoms with van der Waals surface area (Å²) in [6, 6.07) is 8.46. The number of anilines is 1. The van der Waals surface area contributed by atoms with Gasteiger partial charge >= 0.3 is 5.97 Å². The summed E-state index contributed by atoms with van der Waals surface area (Å²) in [4.78, 5) is 39.5. The van der Waals surface area contributed by atoms with Crippen LogP contribution in [0.1, 0.15) is 49.8 Å². The molecule has 0 bridgehead atoms. The normalized spacial score (nSPS) is 17.3. The highest BCUT2D eigenvalue weighted by Gasteiger charge is 2.32. The third-order valence-corrected chi connectivity index (χ3v) is 5.37. The van der Waals surface area contributed by atoms with Crippen LogP contribution in [-0.2, 0) is 19.1 Å². The molecule has 170 valence electrons. The lowest BCUT2D eigenvalue weighted by Crippen LogP contribution is -2.43. The summed E-state index contributed by atoms with van der Waals surface area (Å²) in [6.07, 6.45) is 5.95. The lowest BCUT2D eigenvalue weighted by molar-refractivity contribution is -0.144. The minimum Gasteiger partial charge on any atom is -0.472 e. The standard InChI is InChI=1S/C23H28N4O5/c1-2-32-22(29)13-20(18-9-11-31-15-18)26-21(28)12-17-4-3-10-27(23(17)30)19-7-5-16(6-8-19)14-25-24/h5-9,11,14-15,17,20H,2-4,10,12-13,24H2,1H3,(H,26,28). The van der Waals surface area contributed by atoms with Crippen molar-refractivity contribution in [2.45, 2.75) is 38.6 Å². The summed E-state index contributed by atoms with van der Waals surface area (Å²) in [7, 11) is 0. The van der Waals surface area contributed by atoms with E-state index < -0.39 is 17.9 Å². The lowest BCUT2D eigenvalue weighted by atomic mass is 9.92. The summed E-state index contributed by atoms with van der Waals surface area (Å²) < 4.78 is 10.1. The smallest absolute Gasteiger partial charge is 0.308 e. The number of hydrogen-bond donors (Lipinski definition) is 2. The summed E-state index contributed by atoms with van der Waals surface area (Å²) in [5.74, 6) is 3.94. The zero-order valence-electron chi connectivity index (χ0n) is 18.0. The van der Waals surface area contributed by atoms with Crippen LogP contribution in [0.2, 0.25) is 0 Å². The van der Waals surface area contributed by atoms with Crippen LogP contribution in [-0.4, -0.2) is 37.1 Å². The number of furan rings is 1. The predicted molar refractivity (Wildman–Crippen MR) is 119 cm³/mol. The fourth-order valence-corrected chi connectivity index (χ4v) is 3.81. The molecule has 2 heterocycles. The molecule has 3 N–H and O–H groups in total. The molecule has 2 aromatic rings.